The van der Waals surface area contributed by atoms with Crippen LogP contribution in [-0.4, -0.2) is 42.4 Å². The van der Waals surface area contributed by atoms with Crippen molar-refractivity contribution in [2.45, 2.75) is 24.9 Å². The van der Waals surface area contributed by atoms with E-state index in [1.165, 1.54) is 7.11 Å². The monoisotopic (exact) mass is 148 g/mol. The number of methoxy groups -OCH3 is 1. The molecule has 10 heavy (non-hydrogen) atoms. The molecule has 0 unspecified atom stereocenters. The molecule has 0 radical (unpaired) electrons. The zero-order valence-electron chi connectivity index (χ0n) is 5.86. The Morgan fingerprint density at radius 2 is 2.20 bits per heavy atom. The van der Waals surface area contributed by atoms with Gasteiger partial charge in [0.05, 0.1) is 12.7 Å². The first kappa shape index (κ1) is 7.94. The average molecular weight is 148 g/mol. The second kappa shape index (κ2) is 3.30. The van der Waals surface area contributed by atoms with Gasteiger partial charge in [-0.3, -0.25) is 0 Å². The fourth-order valence-corrected chi connectivity index (χ4v) is 1.00. The number of hydrogen-bond donors (Lipinski definition) is 2. The van der Waals surface area contributed by atoms with E-state index in [9.17, 15) is 0 Å². The lowest BCUT2D eigenvalue weighted by Crippen LogP contribution is -2.41. The largest absolute Gasteiger partial charge is 0.391 e. The van der Waals surface area contributed by atoms with Gasteiger partial charge in [-0.1, -0.05) is 0 Å². The third-order valence-electron chi connectivity index (χ3n) is 1.51. The maximum Gasteiger partial charge on any atom is 0.183 e. The topological polar surface area (TPSA) is 58.9 Å². The highest BCUT2D eigenvalue weighted by atomic mass is 16.7. The fourth-order valence-electron chi connectivity index (χ4n) is 1.00. The van der Waals surface area contributed by atoms with Crippen LogP contribution < -0.4 is 0 Å². The number of aliphatic hydroxyl groups is 2. The molecule has 3 atom stereocenters. The Morgan fingerprint density at radius 1 is 1.50 bits per heavy atom. The molecule has 2 N–H and O–H groups in total. The Bertz CT molecular complexity index is 106. The van der Waals surface area contributed by atoms with E-state index in [4.69, 9.17) is 19.7 Å². The molecule has 1 rings (SSSR count). The number of hydrogen-bond acceptors (Lipinski definition) is 4. The number of aliphatic hydroxyl groups excluding tert-OH is 2. The zero-order chi connectivity index (χ0) is 7.56. The van der Waals surface area contributed by atoms with Gasteiger partial charge in [0.1, 0.15) is 6.10 Å². The highest BCUT2D eigenvalue weighted by Gasteiger charge is 2.28. The van der Waals surface area contributed by atoms with Crippen molar-refractivity contribution in [3.8, 4) is 0 Å². The van der Waals surface area contributed by atoms with Crippen molar-refractivity contribution < 1.29 is 19.7 Å². The molecular weight excluding hydrogens is 136 g/mol. The van der Waals surface area contributed by atoms with E-state index in [1.54, 1.807) is 0 Å². The van der Waals surface area contributed by atoms with Crippen molar-refractivity contribution in [3.63, 3.8) is 0 Å². The molecule has 60 valence electrons. The fraction of sp³-hybridized carbons (Fsp3) is 1.00. The average Bonchev–Trinajstić information content (AvgIpc) is 1.88. The van der Waals surface area contributed by atoms with E-state index in [2.05, 4.69) is 0 Å². The zero-order valence-corrected chi connectivity index (χ0v) is 5.86. The van der Waals surface area contributed by atoms with Gasteiger partial charge in [-0.2, -0.15) is 0 Å². The highest BCUT2D eigenvalue weighted by molar-refractivity contribution is 4.71. The maximum atomic E-state index is 9.13. The molecule has 1 fully saturated rings. The van der Waals surface area contributed by atoms with E-state index >= 15 is 0 Å². The van der Waals surface area contributed by atoms with E-state index in [0.29, 0.717) is 6.42 Å². The molecule has 0 aliphatic carbocycles. The normalized spacial score (nSPS) is 41.7. The molecule has 1 aliphatic heterocycles. The molecule has 1 saturated heterocycles. The van der Waals surface area contributed by atoms with E-state index in [-0.39, 0.29) is 6.61 Å². The Kier molecular flexibility index (Phi) is 2.62. The first-order valence-electron chi connectivity index (χ1n) is 3.24. The van der Waals surface area contributed by atoms with Crippen LogP contribution in [0, 0.1) is 0 Å². The summed E-state index contributed by atoms with van der Waals surface area (Å²) in [4.78, 5) is 0. The van der Waals surface area contributed by atoms with Gasteiger partial charge in [-0.15, -0.1) is 0 Å². The SMILES string of the molecule is CO[C@H]1OC[C@H](O)C[C@@H]1O. The summed E-state index contributed by atoms with van der Waals surface area (Å²) in [5.74, 6) is 0. The number of rotatable bonds is 1. The molecule has 0 bridgehead atoms. The van der Waals surface area contributed by atoms with Crippen molar-refractivity contribution in [3.05, 3.63) is 0 Å². The van der Waals surface area contributed by atoms with Gasteiger partial charge in [-0.05, 0) is 0 Å². The van der Waals surface area contributed by atoms with Gasteiger partial charge >= 0.3 is 0 Å². The second-order valence-electron chi connectivity index (χ2n) is 2.39. The van der Waals surface area contributed by atoms with Crippen LogP contribution in [0.4, 0.5) is 0 Å². The summed E-state index contributed by atoms with van der Waals surface area (Å²) in [6.45, 7) is 0.246. The number of ether oxygens (including phenoxy) is 2. The first-order chi connectivity index (χ1) is 4.74. The molecule has 4 nitrogen and oxygen atoms in total. The van der Waals surface area contributed by atoms with Crippen LogP contribution in [0.25, 0.3) is 0 Å². The van der Waals surface area contributed by atoms with Crippen LogP contribution in [-0.2, 0) is 9.47 Å². The maximum absolute atomic E-state index is 9.13. The summed E-state index contributed by atoms with van der Waals surface area (Å²) in [5.41, 5.74) is 0. The predicted molar refractivity (Wildman–Crippen MR) is 33.4 cm³/mol. The summed E-state index contributed by atoms with van der Waals surface area (Å²) in [5, 5.41) is 18.1. The summed E-state index contributed by atoms with van der Waals surface area (Å²) >= 11 is 0. The molecular formula is C6H12O4. The standard InChI is InChI=1S/C6H12O4/c1-9-6-5(8)2-4(7)3-10-6/h4-8H,2-3H2,1H3/t4-,5+,6+/m1/s1. The van der Waals surface area contributed by atoms with Gasteiger partial charge in [0.15, 0.2) is 6.29 Å². The van der Waals surface area contributed by atoms with E-state index in [1.807, 2.05) is 0 Å². The molecule has 0 spiro atoms. The molecule has 0 aromatic rings. The molecule has 0 aromatic heterocycles. The van der Waals surface area contributed by atoms with Crippen molar-refractivity contribution in [2.24, 2.45) is 0 Å². The lowest BCUT2D eigenvalue weighted by atomic mass is 10.1. The van der Waals surface area contributed by atoms with Gasteiger partial charge in [0.2, 0.25) is 0 Å². The lowest BCUT2D eigenvalue weighted by Gasteiger charge is -2.29. The Balaban J connectivity index is 2.36. The Hall–Kier alpha value is -0.160. The van der Waals surface area contributed by atoms with Gasteiger partial charge in [0, 0.05) is 13.5 Å². The van der Waals surface area contributed by atoms with Gasteiger partial charge in [-0.25, -0.2) is 0 Å². The van der Waals surface area contributed by atoms with Crippen LogP contribution in [0.15, 0.2) is 0 Å². The minimum atomic E-state index is -0.700. The first-order valence-corrected chi connectivity index (χ1v) is 3.24. The van der Waals surface area contributed by atoms with Gasteiger partial charge in [0.25, 0.3) is 0 Å². The molecule has 0 amide bonds. The Morgan fingerprint density at radius 3 is 2.70 bits per heavy atom. The summed E-state index contributed by atoms with van der Waals surface area (Å²) < 4.78 is 9.70. The molecule has 1 aliphatic rings. The third-order valence-corrected chi connectivity index (χ3v) is 1.51. The quantitative estimate of drug-likeness (QED) is 0.506. The smallest absolute Gasteiger partial charge is 0.183 e. The summed E-state index contributed by atoms with van der Waals surface area (Å²) in [6, 6.07) is 0. The molecule has 4 heteroatoms. The molecule has 0 aromatic carbocycles. The lowest BCUT2D eigenvalue weighted by molar-refractivity contribution is -0.224. The minimum absolute atomic E-state index is 0.246. The summed E-state index contributed by atoms with van der Waals surface area (Å²) in [7, 11) is 1.46. The van der Waals surface area contributed by atoms with Crippen LogP contribution in [0.1, 0.15) is 6.42 Å². The van der Waals surface area contributed by atoms with Crippen molar-refractivity contribution in [2.75, 3.05) is 13.7 Å². The predicted octanol–water partition coefficient (Wildman–Crippen LogP) is -0.899. The highest BCUT2D eigenvalue weighted by Crippen LogP contribution is 2.14. The van der Waals surface area contributed by atoms with Crippen LogP contribution >= 0.6 is 0 Å². The van der Waals surface area contributed by atoms with E-state index < -0.39 is 18.5 Å². The van der Waals surface area contributed by atoms with Crippen LogP contribution in [0.3, 0.4) is 0 Å². The van der Waals surface area contributed by atoms with Gasteiger partial charge < -0.3 is 19.7 Å². The van der Waals surface area contributed by atoms with E-state index in [0.717, 1.165) is 0 Å². The minimum Gasteiger partial charge on any atom is -0.391 e. The Labute approximate surface area is 59.4 Å². The van der Waals surface area contributed by atoms with Crippen LogP contribution in [0.5, 0.6) is 0 Å². The molecule has 0 saturated carbocycles. The van der Waals surface area contributed by atoms with Crippen molar-refractivity contribution in [1.82, 2.24) is 0 Å². The van der Waals surface area contributed by atoms with Crippen LogP contribution in [0.2, 0.25) is 0 Å². The second-order valence-corrected chi connectivity index (χ2v) is 2.39. The summed E-state index contributed by atoms with van der Waals surface area (Å²) in [6.07, 6.45) is -1.49. The molecule has 1 heterocycles. The van der Waals surface area contributed by atoms with Crippen molar-refractivity contribution >= 4 is 0 Å². The van der Waals surface area contributed by atoms with Crippen molar-refractivity contribution in [1.29, 1.82) is 0 Å². The third kappa shape index (κ3) is 1.67.